The molecule has 1 rings (SSSR count). The van der Waals surface area contributed by atoms with Crippen LogP contribution in [0.15, 0.2) is 18.2 Å². The fourth-order valence-corrected chi connectivity index (χ4v) is 1.45. The molecule has 0 radical (unpaired) electrons. The standard InChI is InChI=1S/C11H15NO3/c1-15-10-3-2-8(7-11(13)14)9(6-10)4-5-12/h2-3,6H,4-5,7,12H2,1H3,(H,13,14). The molecule has 82 valence electrons. The monoisotopic (exact) mass is 209 g/mol. The lowest BCUT2D eigenvalue weighted by molar-refractivity contribution is -0.136. The van der Waals surface area contributed by atoms with Gasteiger partial charge in [0.2, 0.25) is 0 Å². The van der Waals surface area contributed by atoms with Crippen molar-refractivity contribution >= 4 is 5.97 Å². The van der Waals surface area contributed by atoms with Crippen LogP contribution >= 0.6 is 0 Å². The lowest BCUT2D eigenvalue weighted by atomic mass is 10.0. The third-order valence-electron chi connectivity index (χ3n) is 2.17. The maximum atomic E-state index is 10.6. The smallest absolute Gasteiger partial charge is 0.307 e. The zero-order chi connectivity index (χ0) is 11.3. The maximum Gasteiger partial charge on any atom is 0.307 e. The summed E-state index contributed by atoms with van der Waals surface area (Å²) < 4.78 is 5.07. The largest absolute Gasteiger partial charge is 0.497 e. The quantitative estimate of drug-likeness (QED) is 0.753. The Morgan fingerprint density at radius 1 is 1.47 bits per heavy atom. The van der Waals surface area contributed by atoms with Gasteiger partial charge in [-0.25, -0.2) is 0 Å². The van der Waals surface area contributed by atoms with E-state index in [1.807, 2.05) is 6.07 Å². The molecule has 15 heavy (non-hydrogen) atoms. The van der Waals surface area contributed by atoms with Gasteiger partial charge in [-0.15, -0.1) is 0 Å². The average molecular weight is 209 g/mol. The molecule has 1 aromatic carbocycles. The van der Waals surface area contributed by atoms with E-state index in [1.54, 1.807) is 19.2 Å². The molecular weight excluding hydrogens is 194 g/mol. The Morgan fingerprint density at radius 3 is 2.73 bits per heavy atom. The van der Waals surface area contributed by atoms with Crippen molar-refractivity contribution in [1.82, 2.24) is 0 Å². The number of hydrogen-bond donors (Lipinski definition) is 2. The number of carboxylic acid groups (broad SMARTS) is 1. The Morgan fingerprint density at radius 2 is 2.20 bits per heavy atom. The average Bonchev–Trinajstić information content (AvgIpc) is 2.20. The van der Waals surface area contributed by atoms with Crippen molar-refractivity contribution in [2.24, 2.45) is 5.73 Å². The van der Waals surface area contributed by atoms with E-state index in [4.69, 9.17) is 15.6 Å². The number of methoxy groups -OCH3 is 1. The van der Waals surface area contributed by atoms with Crippen molar-refractivity contribution in [3.8, 4) is 5.75 Å². The van der Waals surface area contributed by atoms with Gasteiger partial charge in [-0.05, 0) is 36.2 Å². The molecule has 0 saturated heterocycles. The zero-order valence-electron chi connectivity index (χ0n) is 8.69. The first kappa shape index (κ1) is 11.5. The second-order valence-electron chi connectivity index (χ2n) is 3.24. The minimum atomic E-state index is -0.835. The predicted octanol–water partition coefficient (Wildman–Crippen LogP) is 0.823. The Bertz CT molecular complexity index is 350. The molecule has 0 aromatic heterocycles. The zero-order valence-corrected chi connectivity index (χ0v) is 8.69. The number of hydrogen-bond acceptors (Lipinski definition) is 3. The third-order valence-corrected chi connectivity index (χ3v) is 2.17. The molecular formula is C11H15NO3. The number of benzene rings is 1. The predicted molar refractivity (Wildman–Crippen MR) is 57.1 cm³/mol. The molecule has 0 fully saturated rings. The molecule has 0 saturated carbocycles. The minimum absolute atomic E-state index is 0.0271. The van der Waals surface area contributed by atoms with E-state index in [0.29, 0.717) is 13.0 Å². The molecule has 0 bridgehead atoms. The van der Waals surface area contributed by atoms with Crippen LogP contribution in [0.3, 0.4) is 0 Å². The molecule has 0 amide bonds. The molecule has 0 aliphatic rings. The Hall–Kier alpha value is -1.55. The summed E-state index contributed by atoms with van der Waals surface area (Å²) in [5.41, 5.74) is 7.21. The number of nitrogens with two attached hydrogens (primary N) is 1. The molecule has 0 atom stereocenters. The van der Waals surface area contributed by atoms with Crippen LogP contribution in [0.2, 0.25) is 0 Å². The van der Waals surface area contributed by atoms with Crippen LogP contribution in [-0.4, -0.2) is 24.7 Å². The molecule has 1 aromatic rings. The molecule has 4 heteroatoms. The highest BCUT2D eigenvalue weighted by atomic mass is 16.5. The van der Waals surface area contributed by atoms with E-state index < -0.39 is 5.97 Å². The molecule has 0 spiro atoms. The summed E-state index contributed by atoms with van der Waals surface area (Å²) in [7, 11) is 1.58. The molecule has 4 nitrogen and oxygen atoms in total. The van der Waals surface area contributed by atoms with Crippen molar-refractivity contribution in [2.75, 3.05) is 13.7 Å². The lowest BCUT2D eigenvalue weighted by Crippen LogP contribution is -2.08. The van der Waals surface area contributed by atoms with Crippen LogP contribution in [0.5, 0.6) is 5.75 Å². The van der Waals surface area contributed by atoms with Gasteiger partial charge >= 0.3 is 5.97 Å². The summed E-state index contributed by atoms with van der Waals surface area (Å²) in [6, 6.07) is 5.38. The maximum absolute atomic E-state index is 10.6. The van der Waals surface area contributed by atoms with Crippen molar-refractivity contribution in [1.29, 1.82) is 0 Å². The number of ether oxygens (including phenoxy) is 1. The van der Waals surface area contributed by atoms with E-state index >= 15 is 0 Å². The van der Waals surface area contributed by atoms with Gasteiger partial charge in [0.1, 0.15) is 5.75 Å². The minimum Gasteiger partial charge on any atom is -0.497 e. The second-order valence-corrected chi connectivity index (χ2v) is 3.24. The third kappa shape index (κ3) is 3.25. The first-order valence-corrected chi connectivity index (χ1v) is 4.75. The SMILES string of the molecule is COc1ccc(CC(=O)O)c(CCN)c1. The van der Waals surface area contributed by atoms with Gasteiger partial charge in [-0.3, -0.25) is 4.79 Å². The normalized spacial score (nSPS) is 10.0. The lowest BCUT2D eigenvalue weighted by Gasteiger charge is -2.08. The van der Waals surface area contributed by atoms with E-state index in [9.17, 15) is 4.79 Å². The van der Waals surface area contributed by atoms with Gasteiger partial charge < -0.3 is 15.6 Å². The summed E-state index contributed by atoms with van der Waals surface area (Å²) in [5, 5.41) is 8.72. The van der Waals surface area contributed by atoms with Crippen molar-refractivity contribution in [3.63, 3.8) is 0 Å². The van der Waals surface area contributed by atoms with Gasteiger partial charge in [0.25, 0.3) is 0 Å². The van der Waals surface area contributed by atoms with E-state index in [0.717, 1.165) is 16.9 Å². The van der Waals surface area contributed by atoms with Crippen LogP contribution in [-0.2, 0) is 17.6 Å². The fraction of sp³-hybridized carbons (Fsp3) is 0.364. The molecule has 0 unspecified atom stereocenters. The van der Waals surface area contributed by atoms with Crippen LogP contribution < -0.4 is 10.5 Å². The molecule has 0 aliphatic carbocycles. The summed E-state index contributed by atoms with van der Waals surface area (Å²) in [5.74, 6) is -0.106. The van der Waals surface area contributed by atoms with Crippen LogP contribution in [0, 0.1) is 0 Å². The first-order chi connectivity index (χ1) is 7.17. The second kappa shape index (κ2) is 5.36. The fourth-order valence-electron chi connectivity index (χ4n) is 1.45. The Labute approximate surface area is 88.7 Å². The molecule has 0 heterocycles. The van der Waals surface area contributed by atoms with Crippen molar-refractivity contribution < 1.29 is 14.6 Å². The Balaban J connectivity index is 2.97. The highest BCUT2D eigenvalue weighted by Crippen LogP contribution is 2.18. The topological polar surface area (TPSA) is 72.5 Å². The highest BCUT2D eigenvalue weighted by molar-refractivity contribution is 5.70. The summed E-state index contributed by atoms with van der Waals surface area (Å²) in [6.45, 7) is 0.500. The molecule has 0 aliphatic heterocycles. The summed E-state index contributed by atoms with van der Waals surface area (Å²) in [6.07, 6.45) is 0.694. The summed E-state index contributed by atoms with van der Waals surface area (Å²) in [4.78, 5) is 10.6. The van der Waals surface area contributed by atoms with E-state index in [1.165, 1.54) is 0 Å². The van der Waals surface area contributed by atoms with E-state index in [2.05, 4.69) is 0 Å². The van der Waals surface area contributed by atoms with Crippen LogP contribution in [0.25, 0.3) is 0 Å². The van der Waals surface area contributed by atoms with E-state index in [-0.39, 0.29) is 6.42 Å². The van der Waals surface area contributed by atoms with Crippen LogP contribution in [0.4, 0.5) is 0 Å². The number of aliphatic carboxylic acids is 1. The van der Waals surface area contributed by atoms with Crippen molar-refractivity contribution in [3.05, 3.63) is 29.3 Å². The number of carboxylic acids is 1. The Kier molecular flexibility index (Phi) is 4.12. The number of rotatable bonds is 5. The van der Waals surface area contributed by atoms with Gasteiger partial charge in [-0.2, -0.15) is 0 Å². The first-order valence-electron chi connectivity index (χ1n) is 4.75. The highest BCUT2D eigenvalue weighted by Gasteiger charge is 2.07. The van der Waals surface area contributed by atoms with Crippen LogP contribution in [0.1, 0.15) is 11.1 Å². The van der Waals surface area contributed by atoms with Crippen molar-refractivity contribution in [2.45, 2.75) is 12.8 Å². The van der Waals surface area contributed by atoms with Gasteiger partial charge in [-0.1, -0.05) is 6.07 Å². The number of carbonyl (C=O) groups is 1. The molecule has 3 N–H and O–H groups in total. The summed E-state index contributed by atoms with van der Waals surface area (Å²) >= 11 is 0. The van der Waals surface area contributed by atoms with Gasteiger partial charge in [0, 0.05) is 0 Å². The van der Waals surface area contributed by atoms with Gasteiger partial charge in [0.15, 0.2) is 0 Å². The van der Waals surface area contributed by atoms with Gasteiger partial charge in [0.05, 0.1) is 13.5 Å².